The number of carboxylic acids is 2. The molecule has 23 heavy (non-hydrogen) atoms. The molecule has 0 radical (unpaired) electrons. The lowest BCUT2D eigenvalue weighted by Crippen LogP contribution is -2.81. The lowest BCUT2D eigenvalue weighted by Gasteiger charge is -2.43. The van der Waals surface area contributed by atoms with E-state index >= 15 is 0 Å². The molecule has 0 aliphatic carbocycles. The fraction of sp³-hybridized carbons (Fsp3) is 0.308. The number of nitrogens with one attached hydrogen (secondary N) is 1. The zero-order valence-corrected chi connectivity index (χ0v) is 12.1. The van der Waals surface area contributed by atoms with E-state index in [0.29, 0.717) is 10.4 Å². The summed E-state index contributed by atoms with van der Waals surface area (Å²) in [5.41, 5.74) is -1.90. The minimum absolute atomic E-state index is 0.00863. The minimum Gasteiger partial charge on any atom is -0.478 e. The number of aliphatic carboxylic acids is 1. The van der Waals surface area contributed by atoms with E-state index in [-0.39, 0.29) is 18.6 Å². The highest BCUT2D eigenvalue weighted by molar-refractivity contribution is 7.10. The molecular formula is C13H9NO8S. The molecule has 1 fully saturated rings. The van der Waals surface area contributed by atoms with Gasteiger partial charge in [-0.05, 0) is 5.56 Å². The number of hydrogen-bond acceptors (Lipinski definition) is 7. The number of carboxylic acid groups (broad SMARTS) is 2. The highest BCUT2D eigenvalue weighted by atomic mass is 32.1. The summed E-state index contributed by atoms with van der Waals surface area (Å²) in [5, 5.41) is 21.5. The molecule has 120 valence electrons. The Balaban J connectivity index is 2.00. The third kappa shape index (κ3) is 1.99. The number of carbonyl (C=O) groups is 5. The van der Waals surface area contributed by atoms with Crippen LogP contribution in [0.3, 0.4) is 0 Å². The normalized spacial score (nSPS) is 26.0. The maximum absolute atomic E-state index is 11.9. The van der Waals surface area contributed by atoms with Crippen molar-refractivity contribution in [2.24, 2.45) is 0 Å². The Morgan fingerprint density at radius 1 is 1.30 bits per heavy atom. The first-order valence-corrected chi connectivity index (χ1v) is 7.25. The van der Waals surface area contributed by atoms with Crippen molar-refractivity contribution in [2.45, 2.75) is 24.7 Å². The molecule has 0 bridgehead atoms. The number of ketones is 2. The second-order valence-electron chi connectivity index (χ2n) is 5.09. The molecule has 3 heterocycles. The van der Waals surface area contributed by atoms with Gasteiger partial charge < -0.3 is 20.3 Å². The number of rotatable bonds is 4. The van der Waals surface area contributed by atoms with Gasteiger partial charge in [-0.1, -0.05) is 0 Å². The van der Waals surface area contributed by atoms with Gasteiger partial charge in [0.1, 0.15) is 6.10 Å². The summed E-state index contributed by atoms with van der Waals surface area (Å²) in [5.74, 6) is -6.81. The second-order valence-corrected chi connectivity index (χ2v) is 6.05. The first-order valence-electron chi connectivity index (χ1n) is 6.37. The van der Waals surface area contributed by atoms with Crippen LogP contribution >= 0.6 is 11.3 Å². The number of thiophene rings is 1. The fourth-order valence-corrected chi connectivity index (χ4v) is 3.73. The quantitative estimate of drug-likeness (QED) is 0.359. The molecule has 0 spiro atoms. The summed E-state index contributed by atoms with van der Waals surface area (Å²) in [4.78, 5) is 57.9. The van der Waals surface area contributed by atoms with Gasteiger partial charge in [0.15, 0.2) is 0 Å². The van der Waals surface area contributed by atoms with Gasteiger partial charge in [0.25, 0.3) is 17.5 Å². The van der Waals surface area contributed by atoms with Gasteiger partial charge in [-0.25, -0.2) is 9.59 Å². The van der Waals surface area contributed by atoms with Crippen LogP contribution in [0.25, 0.3) is 0 Å². The predicted molar refractivity (Wildman–Crippen MR) is 72.1 cm³/mol. The van der Waals surface area contributed by atoms with E-state index in [9.17, 15) is 24.0 Å². The van der Waals surface area contributed by atoms with Crippen molar-refractivity contribution < 1.29 is 38.9 Å². The molecule has 10 heteroatoms. The summed E-state index contributed by atoms with van der Waals surface area (Å²) < 4.78 is 5.39. The molecule has 0 saturated carbocycles. The molecule has 3 rings (SSSR count). The van der Waals surface area contributed by atoms with E-state index in [0.717, 1.165) is 11.3 Å². The van der Waals surface area contributed by atoms with Gasteiger partial charge in [0.2, 0.25) is 5.54 Å². The summed E-state index contributed by atoms with van der Waals surface area (Å²) in [7, 11) is 0. The van der Waals surface area contributed by atoms with Crippen molar-refractivity contribution in [3.63, 3.8) is 0 Å². The van der Waals surface area contributed by atoms with Crippen LogP contribution in [-0.4, -0.2) is 51.3 Å². The summed E-state index contributed by atoms with van der Waals surface area (Å²) in [6, 6.07) is 0. The van der Waals surface area contributed by atoms with Crippen molar-refractivity contribution in [1.82, 2.24) is 5.32 Å². The van der Waals surface area contributed by atoms with Crippen molar-refractivity contribution >= 4 is 40.7 Å². The predicted octanol–water partition coefficient (Wildman–Crippen LogP) is -1.02. The number of aromatic carboxylic acids is 1. The fourth-order valence-electron chi connectivity index (χ4n) is 2.76. The second kappa shape index (κ2) is 4.96. The Labute approximate surface area is 131 Å². The Bertz CT molecular complexity index is 781. The monoisotopic (exact) mass is 339 g/mol. The molecule has 9 nitrogen and oxygen atoms in total. The Kier molecular flexibility index (Phi) is 3.30. The van der Waals surface area contributed by atoms with Crippen molar-refractivity contribution in [2.75, 3.05) is 0 Å². The number of amides is 1. The molecular weight excluding hydrogens is 330 g/mol. The summed E-state index contributed by atoms with van der Waals surface area (Å²) >= 11 is 1.16. The molecule has 1 amide bonds. The van der Waals surface area contributed by atoms with Gasteiger partial charge in [0.05, 0.1) is 12.2 Å². The Morgan fingerprint density at radius 2 is 2.00 bits per heavy atom. The highest BCUT2D eigenvalue weighted by Crippen LogP contribution is 2.36. The molecule has 1 saturated heterocycles. The number of Topliss-reactive ketones (excluding diaryl/α,β-unsaturated/α-hetero) is 2. The van der Waals surface area contributed by atoms with Crippen LogP contribution in [-0.2, 0) is 36.9 Å². The third-order valence-electron chi connectivity index (χ3n) is 3.93. The molecule has 2 aliphatic rings. The Hall–Kier alpha value is -2.59. The number of fused-ring (bicyclic) bond motifs is 1. The minimum atomic E-state index is -2.29. The van der Waals surface area contributed by atoms with E-state index < -0.39 is 41.1 Å². The third-order valence-corrected chi connectivity index (χ3v) is 4.93. The van der Waals surface area contributed by atoms with Crippen LogP contribution in [0.15, 0.2) is 5.38 Å². The lowest BCUT2D eigenvalue weighted by atomic mass is 9.73. The maximum atomic E-state index is 11.9. The summed E-state index contributed by atoms with van der Waals surface area (Å²) in [6.07, 6.45) is -1.43. The zero-order chi connectivity index (χ0) is 16.9. The molecule has 3 N–H and O–H groups in total. The standard InChI is InChI=1S/C13H9NO8S/c15-8-10(17)14-13(8,9(16)12(20)21)7-1-4-5(11(18)19)3-23-6(4)2-22-7/h3,7H,1-2H2,(H,14,17)(H,18,19)(H,20,21). The number of ether oxygens (including phenoxy) is 1. The van der Waals surface area contributed by atoms with E-state index in [4.69, 9.17) is 14.9 Å². The molecule has 1 aromatic rings. The van der Waals surface area contributed by atoms with Crippen molar-refractivity contribution in [1.29, 1.82) is 0 Å². The number of carbonyl (C=O) groups excluding carboxylic acids is 3. The van der Waals surface area contributed by atoms with E-state index in [1.54, 1.807) is 0 Å². The van der Waals surface area contributed by atoms with Crippen molar-refractivity contribution in [3.8, 4) is 0 Å². The van der Waals surface area contributed by atoms with Gasteiger partial charge >= 0.3 is 11.9 Å². The van der Waals surface area contributed by atoms with Crippen LogP contribution in [0.1, 0.15) is 20.8 Å². The van der Waals surface area contributed by atoms with Gasteiger partial charge in [-0.15, -0.1) is 11.3 Å². The average Bonchev–Trinajstić information content (AvgIpc) is 2.94. The smallest absolute Gasteiger partial charge is 0.375 e. The van der Waals surface area contributed by atoms with Crippen molar-refractivity contribution in [3.05, 3.63) is 21.4 Å². The van der Waals surface area contributed by atoms with Gasteiger partial charge in [0, 0.05) is 16.7 Å². The summed E-state index contributed by atoms with van der Waals surface area (Å²) in [6.45, 7) is -0.0737. The molecule has 2 atom stereocenters. The maximum Gasteiger partial charge on any atom is 0.375 e. The van der Waals surface area contributed by atoms with E-state index in [2.05, 4.69) is 0 Å². The molecule has 2 aliphatic heterocycles. The SMILES string of the molecule is O=C(O)C(=O)C1(C2Cc3c(C(=O)O)csc3CO2)NC(=O)C1=O. The molecule has 0 aromatic carbocycles. The van der Waals surface area contributed by atoms with Crippen LogP contribution in [0, 0.1) is 0 Å². The largest absolute Gasteiger partial charge is 0.478 e. The van der Waals surface area contributed by atoms with Crippen LogP contribution in [0.2, 0.25) is 0 Å². The zero-order valence-electron chi connectivity index (χ0n) is 11.3. The van der Waals surface area contributed by atoms with E-state index in [1.807, 2.05) is 5.32 Å². The Morgan fingerprint density at radius 3 is 2.52 bits per heavy atom. The van der Waals surface area contributed by atoms with Gasteiger partial charge in [-0.2, -0.15) is 0 Å². The van der Waals surface area contributed by atoms with Crippen LogP contribution in [0.5, 0.6) is 0 Å². The lowest BCUT2D eigenvalue weighted by molar-refractivity contribution is -0.171. The molecule has 2 unspecified atom stereocenters. The molecule has 1 aromatic heterocycles. The number of hydrogen-bond donors (Lipinski definition) is 3. The highest BCUT2D eigenvalue weighted by Gasteiger charge is 2.66. The van der Waals surface area contributed by atoms with Gasteiger partial charge in [-0.3, -0.25) is 14.4 Å². The first-order chi connectivity index (χ1) is 10.8. The topological polar surface area (TPSA) is 147 Å². The first kappa shape index (κ1) is 15.3. The van der Waals surface area contributed by atoms with Crippen LogP contribution < -0.4 is 5.32 Å². The number of β-lactam (4-membered cyclic amide) rings is 1. The average molecular weight is 339 g/mol. The van der Waals surface area contributed by atoms with Crippen LogP contribution in [0.4, 0.5) is 0 Å². The van der Waals surface area contributed by atoms with E-state index in [1.165, 1.54) is 5.38 Å².